The van der Waals surface area contributed by atoms with E-state index in [1.54, 1.807) is 19.2 Å². The Balaban J connectivity index is 2.77. The standard InChI is InChI=1S/C12H17BrN2O3/c1-3-14(6-7-18-2)9-10-4-5-11(13)12(8-10)15(16)17/h4-5,8H,3,6-7,9H2,1-2H3. The number of likely N-dealkylation sites (N-methyl/N-ethyl adjacent to an activating group) is 1. The molecule has 0 radical (unpaired) electrons. The molecule has 1 aromatic rings. The maximum atomic E-state index is 10.8. The lowest BCUT2D eigenvalue weighted by Crippen LogP contribution is -2.26. The van der Waals surface area contributed by atoms with Crippen LogP contribution in [-0.4, -0.2) is 36.6 Å². The number of nitro groups is 1. The molecule has 0 N–H and O–H groups in total. The van der Waals surface area contributed by atoms with Crippen LogP contribution in [0.3, 0.4) is 0 Å². The third-order valence-electron chi connectivity index (χ3n) is 2.67. The summed E-state index contributed by atoms with van der Waals surface area (Å²) >= 11 is 3.18. The van der Waals surface area contributed by atoms with Crippen molar-refractivity contribution < 1.29 is 9.66 Å². The SMILES string of the molecule is CCN(CCOC)Cc1ccc(Br)c([N+](=O)[O-])c1. The summed E-state index contributed by atoms with van der Waals surface area (Å²) in [6.45, 7) is 5.10. The highest BCUT2D eigenvalue weighted by molar-refractivity contribution is 9.10. The first-order valence-electron chi connectivity index (χ1n) is 5.72. The Kier molecular flexibility index (Phi) is 6.24. The molecule has 0 unspecified atom stereocenters. The fraction of sp³-hybridized carbons (Fsp3) is 0.500. The lowest BCUT2D eigenvalue weighted by molar-refractivity contribution is -0.385. The number of nitro benzene ring substituents is 1. The summed E-state index contributed by atoms with van der Waals surface area (Å²) in [7, 11) is 1.66. The Morgan fingerprint density at radius 3 is 2.78 bits per heavy atom. The minimum atomic E-state index is -0.376. The van der Waals surface area contributed by atoms with Gasteiger partial charge in [0.25, 0.3) is 5.69 Å². The van der Waals surface area contributed by atoms with Gasteiger partial charge in [-0.15, -0.1) is 0 Å². The minimum Gasteiger partial charge on any atom is -0.383 e. The van der Waals surface area contributed by atoms with Crippen molar-refractivity contribution in [2.24, 2.45) is 0 Å². The summed E-state index contributed by atoms with van der Waals surface area (Å²) in [5, 5.41) is 10.8. The predicted molar refractivity (Wildman–Crippen MR) is 73.6 cm³/mol. The Bertz CT molecular complexity index is 412. The zero-order valence-corrected chi connectivity index (χ0v) is 12.1. The molecule has 0 atom stereocenters. The first-order chi connectivity index (χ1) is 8.58. The second-order valence-electron chi connectivity index (χ2n) is 3.90. The zero-order valence-electron chi connectivity index (χ0n) is 10.6. The zero-order chi connectivity index (χ0) is 13.5. The highest BCUT2D eigenvalue weighted by atomic mass is 79.9. The molecule has 0 fully saturated rings. The summed E-state index contributed by atoms with van der Waals surface area (Å²) in [5.41, 5.74) is 1.04. The average molecular weight is 317 g/mol. The van der Waals surface area contributed by atoms with Crippen LogP contribution in [0.25, 0.3) is 0 Å². The van der Waals surface area contributed by atoms with Crippen LogP contribution in [0, 0.1) is 10.1 Å². The molecular weight excluding hydrogens is 300 g/mol. The molecule has 100 valence electrons. The molecule has 0 spiro atoms. The first-order valence-corrected chi connectivity index (χ1v) is 6.52. The lowest BCUT2D eigenvalue weighted by atomic mass is 10.2. The van der Waals surface area contributed by atoms with Crippen LogP contribution in [-0.2, 0) is 11.3 Å². The second-order valence-corrected chi connectivity index (χ2v) is 4.76. The summed E-state index contributed by atoms with van der Waals surface area (Å²) in [4.78, 5) is 12.6. The van der Waals surface area contributed by atoms with Crippen molar-refractivity contribution in [1.29, 1.82) is 0 Å². The number of benzene rings is 1. The second kappa shape index (κ2) is 7.45. The third-order valence-corrected chi connectivity index (χ3v) is 3.34. The molecule has 0 bridgehead atoms. The number of methoxy groups -OCH3 is 1. The highest BCUT2D eigenvalue weighted by Crippen LogP contribution is 2.26. The monoisotopic (exact) mass is 316 g/mol. The van der Waals surface area contributed by atoms with E-state index >= 15 is 0 Å². The molecule has 0 aromatic heterocycles. The van der Waals surface area contributed by atoms with E-state index in [-0.39, 0.29) is 10.6 Å². The molecule has 0 aliphatic carbocycles. The summed E-state index contributed by atoms with van der Waals surface area (Å²) in [6, 6.07) is 5.23. The molecular formula is C12H17BrN2O3. The third kappa shape index (κ3) is 4.36. The molecule has 0 amide bonds. The highest BCUT2D eigenvalue weighted by Gasteiger charge is 2.13. The number of nitrogens with zero attached hydrogens (tertiary/aromatic N) is 2. The molecule has 0 aliphatic heterocycles. The van der Waals surface area contributed by atoms with Crippen LogP contribution in [0.5, 0.6) is 0 Å². The van der Waals surface area contributed by atoms with Gasteiger partial charge in [-0.05, 0) is 34.1 Å². The van der Waals surface area contributed by atoms with E-state index in [1.807, 2.05) is 6.07 Å². The topological polar surface area (TPSA) is 55.6 Å². The van der Waals surface area contributed by atoms with Crippen LogP contribution in [0.15, 0.2) is 22.7 Å². The van der Waals surface area contributed by atoms with Gasteiger partial charge in [0.15, 0.2) is 0 Å². The number of hydrogen-bond donors (Lipinski definition) is 0. The van der Waals surface area contributed by atoms with Gasteiger partial charge in [0.1, 0.15) is 0 Å². The van der Waals surface area contributed by atoms with Gasteiger partial charge in [-0.25, -0.2) is 0 Å². The van der Waals surface area contributed by atoms with E-state index in [2.05, 4.69) is 27.8 Å². The lowest BCUT2D eigenvalue weighted by Gasteiger charge is -2.19. The molecule has 1 rings (SSSR count). The van der Waals surface area contributed by atoms with Crippen LogP contribution >= 0.6 is 15.9 Å². The smallest absolute Gasteiger partial charge is 0.283 e. The van der Waals surface area contributed by atoms with Crippen molar-refractivity contribution in [3.63, 3.8) is 0 Å². The van der Waals surface area contributed by atoms with E-state index in [4.69, 9.17) is 4.74 Å². The van der Waals surface area contributed by atoms with E-state index in [1.165, 1.54) is 0 Å². The number of ether oxygens (including phenoxy) is 1. The fourth-order valence-corrected chi connectivity index (χ4v) is 2.02. The van der Waals surface area contributed by atoms with Gasteiger partial charge >= 0.3 is 0 Å². The van der Waals surface area contributed by atoms with Gasteiger partial charge in [0.05, 0.1) is 16.0 Å². The summed E-state index contributed by atoms with van der Waals surface area (Å²) < 4.78 is 5.55. The van der Waals surface area contributed by atoms with Crippen LogP contribution < -0.4 is 0 Å². The Hall–Kier alpha value is -0.980. The molecule has 0 saturated heterocycles. The fourth-order valence-electron chi connectivity index (χ4n) is 1.62. The van der Waals surface area contributed by atoms with Gasteiger partial charge in [0, 0.05) is 26.3 Å². The molecule has 1 aromatic carbocycles. The van der Waals surface area contributed by atoms with Gasteiger partial charge in [-0.3, -0.25) is 15.0 Å². The number of hydrogen-bond acceptors (Lipinski definition) is 4. The minimum absolute atomic E-state index is 0.107. The molecule has 0 saturated carbocycles. The normalized spacial score (nSPS) is 10.9. The maximum absolute atomic E-state index is 10.8. The van der Waals surface area contributed by atoms with Crippen molar-refractivity contribution in [3.8, 4) is 0 Å². The van der Waals surface area contributed by atoms with Crippen LogP contribution in [0.2, 0.25) is 0 Å². The van der Waals surface area contributed by atoms with E-state index < -0.39 is 0 Å². The summed E-state index contributed by atoms with van der Waals surface area (Å²) in [6.07, 6.45) is 0. The average Bonchev–Trinajstić information content (AvgIpc) is 2.36. The Morgan fingerprint density at radius 2 is 2.22 bits per heavy atom. The molecule has 0 aliphatic rings. The molecule has 5 nitrogen and oxygen atoms in total. The van der Waals surface area contributed by atoms with Crippen LogP contribution in [0.1, 0.15) is 12.5 Å². The van der Waals surface area contributed by atoms with Crippen molar-refractivity contribution in [2.45, 2.75) is 13.5 Å². The van der Waals surface area contributed by atoms with Crippen molar-refractivity contribution in [1.82, 2.24) is 4.90 Å². The Morgan fingerprint density at radius 1 is 1.50 bits per heavy atom. The quantitative estimate of drug-likeness (QED) is 0.573. The molecule has 18 heavy (non-hydrogen) atoms. The van der Waals surface area contributed by atoms with Gasteiger partial charge in [0.2, 0.25) is 0 Å². The van der Waals surface area contributed by atoms with Gasteiger partial charge < -0.3 is 4.74 Å². The van der Waals surface area contributed by atoms with Crippen molar-refractivity contribution in [3.05, 3.63) is 38.3 Å². The largest absolute Gasteiger partial charge is 0.383 e. The molecule has 6 heteroatoms. The van der Waals surface area contributed by atoms with E-state index in [9.17, 15) is 10.1 Å². The number of rotatable bonds is 7. The van der Waals surface area contributed by atoms with Gasteiger partial charge in [-0.2, -0.15) is 0 Å². The van der Waals surface area contributed by atoms with Crippen molar-refractivity contribution >= 4 is 21.6 Å². The van der Waals surface area contributed by atoms with E-state index in [0.29, 0.717) is 17.6 Å². The van der Waals surface area contributed by atoms with Crippen molar-refractivity contribution in [2.75, 3.05) is 26.8 Å². The molecule has 0 heterocycles. The van der Waals surface area contributed by atoms with Crippen LogP contribution in [0.4, 0.5) is 5.69 Å². The Labute approximate surface area is 115 Å². The van der Waals surface area contributed by atoms with E-state index in [0.717, 1.165) is 18.7 Å². The summed E-state index contributed by atoms with van der Waals surface area (Å²) in [5.74, 6) is 0. The predicted octanol–water partition coefficient (Wildman–Crippen LogP) is 2.83. The first kappa shape index (κ1) is 15.1. The maximum Gasteiger partial charge on any atom is 0.283 e. The number of halogens is 1. The van der Waals surface area contributed by atoms with Gasteiger partial charge in [-0.1, -0.05) is 13.0 Å².